The Hall–Kier alpha value is -2.69. The van der Waals surface area contributed by atoms with Gasteiger partial charge in [-0.2, -0.15) is 5.48 Å². The first-order valence-corrected chi connectivity index (χ1v) is 7.17. The molecule has 2 atom stereocenters. The third kappa shape index (κ3) is 7.05. The highest BCUT2D eigenvalue weighted by Crippen LogP contribution is 2.10. The number of nitrogens with two attached hydrogens (primary N) is 3. The summed E-state index contributed by atoms with van der Waals surface area (Å²) in [5, 5.41) is 18.4. The van der Waals surface area contributed by atoms with E-state index in [-0.39, 0.29) is 25.3 Å². The minimum Gasteiger partial charge on any atom is -0.480 e. The lowest BCUT2D eigenvalue weighted by Crippen LogP contribution is -2.39. The number of carboxylic acids is 1. The molecule has 132 valence electrons. The number of carboxylic acid groups (broad SMARTS) is 1. The van der Waals surface area contributed by atoms with Crippen LogP contribution in [-0.4, -0.2) is 41.6 Å². The van der Waals surface area contributed by atoms with Crippen molar-refractivity contribution < 1.29 is 19.5 Å². The third-order valence-electron chi connectivity index (χ3n) is 3.04. The highest BCUT2D eigenvalue weighted by atomic mass is 16.7. The molecule has 0 saturated heterocycles. The van der Waals surface area contributed by atoms with Gasteiger partial charge in [-0.3, -0.25) is 10.2 Å². The van der Waals surface area contributed by atoms with Crippen molar-refractivity contribution in [2.75, 3.05) is 11.9 Å². The summed E-state index contributed by atoms with van der Waals surface area (Å²) >= 11 is 0. The summed E-state index contributed by atoms with van der Waals surface area (Å²) in [5.74, 6) is -1.95. The lowest BCUT2D eigenvalue weighted by atomic mass is 10.1. The van der Waals surface area contributed by atoms with Crippen LogP contribution in [0.1, 0.15) is 12.0 Å². The first-order valence-electron chi connectivity index (χ1n) is 7.17. The molecular formula is C14H22N6O4. The first-order chi connectivity index (χ1) is 11.3. The van der Waals surface area contributed by atoms with Crippen molar-refractivity contribution in [1.82, 2.24) is 5.48 Å². The van der Waals surface area contributed by atoms with Gasteiger partial charge >= 0.3 is 11.9 Å². The maximum atomic E-state index is 11.7. The van der Waals surface area contributed by atoms with Gasteiger partial charge in [0.25, 0.3) is 0 Å². The molecule has 0 aliphatic carbocycles. The van der Waals surface area contributed by atoms with Gasteiger partial charge < -0.3 is 32.5 Å². The number of hydrogen-bond donors (Lipinski definition) is 7. The largest absolute Gasteiger partial charge is 0.480 e. The smallest absolute Gasteiger partial charge is 0.341 e. The van der Waals surface area contributed by atoms with Crippen molar-refractivity contribution in [2.45, 2.75) is 24.9 Å². The van der Waals surface area contributed by atoms with E-state index >= 15 is 0 Å². The summed E-state index contributed by atoms with van der Waals surface area (Å²) in [6, 6.07) is 5.01. The predicted molar refractivity (Wildman–Crippen MR) is 88.0 cm³/mol. The van der Waals surface area contributed by atoms with E-state index in [1.807, 2.05) is 0 Å². The van der Waals surface area contributed by atoms with Gasteiger partial charge in [0.05, 0.1) is 0 Å². The molecule has 0 fully saturated rings. The van der Waals surface area contributed by atoms with Crippen LogP contribution in [0.4, 0.5) is 5.69 Å². The Morgan fingerprint density at radius 3 is 2.38 bits per heavy atom. The van der Waals surface area contributed by atoms with E-state index in [2.05, 4.69) is 10.8 Å². The number of aliphatic carboxylic acids is 1. The maximum Gasteiger partial charge on any atom is 0.341 e. The molecule has 10 nitrogen and oxygen atoms in total. The summed E-state index contributed by atoms with van der Waals surface area (Å²) in [6.07, 6.45) is 0.373. The Bertz CT molecular complexity index is 577. The Morgan fingerprint density at radius 2 is 1.83 bits per heavy atom. The second kappa shape index (κ2) is 9.45. The highest BCUT2D eigenvalue weighted by Gasteiger charge is 2.17. The molecule has 1 aromatic carbocycles. The number of hydrogen-bond acceptors (Lipinski definition) is 7. The van der Waals surface area contributed by atoms with Crippen LogP contribution < -0.4 is 28.0 Å². The van der Waals surface area contributed by atoms with E-state index in [4.69, 9.17) is 32.6 Å². The van der Waals surface area contributed by atoms with Crippen molar-refractivity contribution in [1.29, 1.82) is 5.41 Å². The van der Waals surface area contributed by atoms with Gasteiger partial charge in [0.2, 0.25) is 0 Å². The SMILES string of the molecule is N=C(N)Nc1ccc(C[C@H](N)C(=O)ONCC[C@H](N)C(=O)O)cc1. The first kappa shape index (κ1) is 19.4. The van der Waals surface area contributed by atoms with Crippen LogP contribution in [0.25, 0.3) is 0 Å². The van der Waals surface area contributed by atoms with Crippen molar-refractivity contribution in [3.05, 3.63) is 29.8 Å². The molecule has 0 unspecified atom stereocenters. The second-order valence-corrected chi connectivity index (χ2v) is 5.10. The number of carbonyl (C=O) groups is 2. The molecular weight excluding hydrogens is 316 g/mol. The van der Waals surface area contributed by atoms with Crippen LogP contribution in [0, 0.1) is 5.41 Å². The second-order valence-electron chi connectivity index (χ2n) is 5.10. The van der Waals surface area contributed by atoms with E-state index < -0.39 is 24.0 Å². The molecule has 24 heavy (non-hydrogen) atoms. The van der Waals surface area contributed by atoms with E-state index in [0.29, 0.717) is 5.69 Å². The van der Waals surface area contributed by atoms with Crippen molar-refractivity contribution in [3.63, 3.8) is 0 Å². The number of guanidine groups is 1. The zero-order valence-corrected chi connectivity index (χ0v) is 13.0. The zero-order chi connectivity index (χ0) is 18.1. The van der Waals surface area contributed by atoms with Gasteiger partial charge in [-0.15, -0.1) is 0 Å². The van der Waals surface area contributed by atoms with Crippen LogP contribution >= 0.6 is 0 Å². The van der Waals surface area contributed by atoms with E-state index in [0.717, 1.165) is 5.56 Å². The van der Waals surface area contributed by atoms with Crippen LogP contribution in [0.5, 0.6) is 0 Å². The van der Waals surface area contributed by atoms with Crippen molar-refractivity contribution in [3.8, 4) is 0 Å². The Kier molecular flexibility index (Phi) is 7.62. The average Bonchev–Trinajstić information content (AvgIpc) is 2.52. The summed E-state index contributed by atoms with van der Waals surface area (Å²) in [5.41, 5.74) is 20.1. The fraction of sp³-hybridized carbons (Fsp3) is 0.357. The molecule has 0 saturated carbocycles. The molecule has 0 heterocycles. The summed E-state index contributed by atoms with van der Waals surface area (Å²) in [7, 11) is 0. The molecule has 1 rings (SSSR count). The van der Waals surface area contributed by atoms with Crippen LogP contribution in [0.15, 0.2) is 24.3 Å². The molecule has 10 N–H and O–H groups in total. The van der Waals surface area contributed by atoms with E-state index in [9.17, 15) is 9.59 Å². The van der Waals surface area contributed by atoms with Crippen LogP contribution in [-0.2, 0) is 20.8 Å². The normalized spacial score (nSPS) is 12.9. The molecule has 0 spiro atoms. The van der Waals surface area contributed by atoms with Gasteiger partial charge in [0, 0.05) is 12.2 Å². The Morgan fingerprint density at radius 1 is 1.21 bits per heavy atom. The minimum absolute atomic E-state index is 0.108. The van der Waals surface area contributed by atoms with Gasteiger partial charge in [-0.25, -0.2) is 4.79 Å². The maximum absolute atomic E-state index is 11.7. The number of carbonyl (C=O) groups excluding carboxylic acids is 1. The molecule has 1 aromatic rings. The number of rotatable bonds is 9. The van der Waals surface area contributed by atoms with Crippen molar-refractivity contribution >= 4 is 23.6 Å². The summed E-state index contributed by atoms with van der Waals surface area (Å²) in [6.45, 7) is 0.108. The van der Waals surface area contributed by atoms with Crippen LogP contribution in [0.3, 0.4) is 0 Å². The zero-order valence-electron chi connectivity index (χ0n) is 13.0. The van der Waals surface area contributed by atoms with E-state index in [1.165, 1.54) is 0 Å². The molecule has 0 aliphatic rings. The molecule has 0 bridgehead atoms. The highest BCUT2D eigenvalue weighted by molar-refractivity contribution is 5.89. The molecule has 0 aliphatic heterocycles. The number of anilines is 1. The number of benzene rings is 1. The average molecular weight is 338 g/mol. The van der Waals surface area contributed by atoms with Gasteiger partial charge in [-0.1, -0.05) is 12.1 Å². The third-order valence-corrected chi connectivity index (χ3v) is 3.04. The Balaban J connectivity index is 2.35. The topological polar surface area (TPSA) is 190 Å². The molecule has 0 amide bonds. The van der Waals surface area contributed by atoms with Crippen molar-refractivity contribution in [2.24, 2.45) is 17.2 Å². The van der Waals surface area contributed by atoms with Gasteiger partial charge in [-0.05, 0) is 30.5 Å². The predicted octanol–water partition coefficient (Wildman–Crippen LogP) is -1.29. The quantitative estimate of drug-likeness (QED) is 0.124. The molecule has 0 aromatic heterocycles. The summed E-state index contributed by atoms with van der Waals surface area (Å²) < 4.78 is 0. The fourth-order valence-corrected chi connectivity index (χ4v) is 1.75. The number of nitrogens with one attached hydrogen (secondary N) is 3. The Labute approximate surface area is 138 Å². The van der Waals surface area contributed by atoms with Crippen LogP contribution in [0.2, 0.25) is 0 Å². The molecule has 0 radical (unpaired) electrons. The minimum atomic E-state index is -1.12. The van der Waals surface area contributed by atoms with Gasteiger partial charge in [0.15, 0.2) is 5.96 Å². The fourth-order valence-electron chi connectivity index (χ4n) is 1.75. The standard InChI is InChI=1S/C14H22N6O4/c15-10(12(21)22)5-6-19-24-13(23)11(16)7-8-1-3-9(4-2-8)20-14(17)18/h1-4,10-11,19H,5-7,15-16H2,(H,21,22)(H4,17,18,20)/t10-,11-/m0/s1. The lowest BCUT2D eigenvalue weighted by Gasteiger charge is -2.13. The van der Waals surface area contributed by atoms with Gasteiger partial charge in [0.1, 0.15) is 12.1 Å². The lowest BCUT2D eigenvalue weighted by molar-refractivity contribution is -0.152. The number of hydroxylamine groups is 1. The monoisotopic (exact) mass is 338 g/mol. The van der Waals surface area contributed by atoms with E-state index in [1.54, 1.807) is 24.3 Å². The molecule has 10 heteroatoms. The summed E-state index contributed by atoms with van der Waals surface area (Å²) in [4.78, 5) is 27.0.